The van der Waals surface area contributed by atoms with Crippen molar-refractivity contribution in [3.63, 3.8) is 0 Å². The van der Waals surface area contributed by atoms with Crippen LogP contribution in [0.5, 0.6) is 0 Å². The molecule has 0 aromatic rings. The highest BCUT2D eigenvalue weighted by atomic mass is 19.2. The molecule has 0 radical (unpaired) electrons. The van der Waals surface area contributed by atoms with E-state index in [0.29, 0.717) is 0 Å². The first-order valence-corrected chi connectivity index (χ1v) is 10.1. The molecule has 1 heterocycles. The normalized spacial score (nSPS) is 25.7. The quantitative estimate of drug-likeness (QED) is 0.322. The monoisotopic (exact) mass is 493 g/mol. The van der Waals surface area contributed by atoms with Gasteiger partial charge in [-0.15, -0.1) is 0 Å². The fourth-order valence-electron chi connectivity index (χ4n) is 3.38. The summed E-state index contributed by atoms with van der Waals surface area (Å²) < 4.78 is 45.7. The van der Waals surface area contributed by atoms with Crippen molar-refractivity contribution in [3.05, 3.63) is 0 Å². The topological polar surface area (TPSA) is 170 Å². The van der Waals surface area contributed by atoms with Gasteiger partial charge in [-0.1, -0.05) is 0 Å². The zero-order valence-electron chi connectivity index (χ0n) is 19.6. The van der Waals surface area contributed by atoms with Crippen LogP contribution in [-0.2, 0) is 57.2 Å². The summed E-state index contributed by atoms with van der Waals surface area (Å²) in [5.74, 6) is -8.89. The van der Waals surface area contributed by atoms with Gasteiger partial charge in [0.1, 0.15) is 18.8 Å². The number of carbonyl (C=O) groups excluding carboxylic acids is 6. The molecule has 1 aliphatic heterocycles. The zero-order valence-corrected chi connectivity index (χ0v) is 19.6. The van der Waals surface area contributed by atoms with Crippen molar-refractivity contribution in [2.45, 2.75) is 77.4 Å². The van der Waals surface area contributed by atoms with Crippen LogP contribution in [0.4, 0.5) is 4.39 Å². The second-order valence-corrected chi connectivity index (χ2v) is 7.41. The van der Waals surface area contributed by atoms with Crippen molar-refractivity contribution in [2.75, 3.05) is 13.7 Å². The average molecular weight is 493 g/mol. The van der Waals surface area contributed by atoms with E-state index in [0.717, 1.165) is 41.7 Å². The van der Waals surface area contributed by atoms with Gasteiger partial charge in [0.2, 0.25) is 5.91 Å². The summed E-state index contributed by atoms with van der Waals surface area (Å²) in [6, 6.07) is -1.39. The van der Waals surface area contributed by atoms with E-state index in [9.17, 15) is 28.8 Å². The Morgan fingerprint density at radius 2 is 1.56 bits per heavy atom. The predicted octanol–water partition coefficient (Wildman–Crippen LogP) is -0.523. The van der Waals surface area contributed by atoms with Crippen LogP contribution in [-0.4, -0.2) is 85.8 Å². The molecular formula is C20H28FNO12. The third-order valence-electron chi connectivity index (χ3n) is 4.48. The Balaban J connectivity index is 3.64. The van der Waals surface area contributed by atoms with Crippen molar-refractivity contribution < 1.29 is 61.6 Å². The van der Waals surface area contributed by atoms with Gasteiger partial charge in [0.05, 0.1) is 19.6 Å². The second-order valence-electron chi connectivity index (χ2n) is 7.41. The van der Waals surface area contributed by atoms with Crippen LogP contribution in [0.1, 0.15) is 41.0 Å². The predicted molar refractivity (Wildman–Crippen MR) is 106 cm³/mol. The molecule has 0 aliphatic carbocycles. The SMILES string of the molecule is COC(=O)[C@]1(F)C[C@H](OC(C)=O)[C@@H](NC(C)=O)[C@H]([C@H](OC(C)=O)[C@@H](COC(C)=O)OC(C)=O)O1. The van der Waals surface area contributed by atoms with E-state index in [1.54, 1.807) is 0 Å². The lowest BCUT2D eigenvalue weighted by Gasteiger charge is -2.46. The van der Waals surface area contributed by atoms with Crippen LogP contribution >= 0.6 is 0 Å². The van der Waals surface area contributed by atoms with Gasteiger partial charge in [-0.05, 0) is 0 Å². The molecule has 1 saturated heterocycles. The van der Waals surface area contributed by atoms with Gasteiger partial charge in [-0.25, -0.2) is 4.79 Å². The Bertz CT molecular complexity index is 817. The molecule has 14 heteroatoms. The largest absolute Gasteiger partial charge is 0.465 e. The van der Waals surface area contributed by atoms with Crippen molar-refractivity contribution in [2.24, 2.45) is 0 Å². The zero-order chi connectivity index (χ0) is 26.2. The van der Waals surface area contributed by atoms with Crippen molar-refractivity contribution in [1.82, 2.24) is 5.32 Å². The molecule has 6 atom stereocenters. The molecule has 13 nitrogen and oxygen atoms in total. The maximum absolute atomic E-state index is 15.6. The molecule has 192 valence electrons. The Morgan fingerprint density at radius 3 is 2.00 bits per heavy atom. The maximum atomic E-state index is 15.6. The van der Waals surface area contributed by atoms with Crippen LogP contribution in [0.3, 0.4) is 0 Å². The first-order chi connectivity index (χ1) is 15.7. The van der Waals surface area contributed by atoms with Gasteiger partial charge in [-0.2, -0.15) is 4.39 Å². The lowest BCUT2D eigenvalue weighted by Crippen LogP contribution is -2.67. The van der Waals surface area contributed by atoms with E-state index in [2.05, 4.69) is 10.1 Å². The molecule has 1 fully saturated rings. The van der Waals surface area contributed by atoms with Crippen molar-refractivity contribution in [1.29, 1.82) is 0 Å². The summed E-state index contributed by atoms with van der Waals surface area (Å²) in [4.78, 5) is 70.7. The first-order valence-electron chi connectivity index (χ1n) is 10.1. The van der Waals surface area contributed by atoms with Gasteiger partial charge in [0.15, 0.2) is 12.2 Å². The summed E-state index contributed by atoms with van der Waals surface area (Å²) >= 11 is 0. The molecular weight excluding hydrogens is 465 g/mol. The van der Waals surface area contributed by atoms with Crippen LogP contribution < -0.4 is 5.32 Å². The maximum Gasteiger partial charge on any atom is 0.371 e. The second kappa shape index (κ2) is 12.3. The first kappa shape index (κ1) is 28.7. The lowest BCUT2D eigenvalue weighted by molar-refractivity contribution is -0.274. The Hall–Kier alpha value is -3.29. The number of hydrogen-bond donors (Lipinski definition) is 1. The van der Waals surface area contributed by atoms with E-state index in [1.807, 2.05) is 0 Å². The molecule has 0 aromatic carbocycles. The molecule has 1 rings (SSSR count). The van der Waals surface area contributed by atoms with Crippen LogP contribution in [0, 0.1) is 0 Å². The molecule has 0 unspecified atom stereocenters. The molecule has 1 amide bonds. The van der Waals surface area contributed by atoms with E-state index in [4.69, 9.17) is 23.7 Å². The van der Waals surface area contributed by atoms with Crippen LogP contribution in [0.25, 0.3) is 0 Å². The highest BCUT2D eigenvalue weighted by molar-refractivity contribution is 5.78. The van der Waals surface area contributed by atoms with E-state index in [-0.39, 0.29) is 0 Å². The van der Waals surface area contributed by atoms with E-state index in [1.165, 1.54) is 0 Å². The number of halogens is 1. The minimum Gasteiger partial charge on any atom is -0.465 e. The minimum absolute atomic E-state index is 0.657. The number of alkyl halides is 1. The van der Waals surface area contributed by atoms with Gasteiger partial charge < -0.3 is 33.7 Å². The standard InChI is InChI=1S/C20H28FNO12/c1-9(23)22-16-14(31-11(3)25)7-20(21,19(28)29-6)34-18(16)17(33-13(5)27)15(32-12(4)26)8-30-10(2)24/h14-18H,7-8H2,1-6H3,(H,22,23)/t14-,15+,16+,17+,18+,20-/m0/s1. The summed E-state index contributed by atoms with van der Waals surface area (Å²) in [7, 11) is 0.884. The number of ether oxygens (including phenoxy) is 6. The van der Waals surface area contributed by atoms with Gasteiger partial charge in [0.25, 0.3) is 0 Å². The fourth-order valence-corrected chi connectivity index (χ4v) is 3.38. The number of carbonyl (C=O) groups is 6. The summed E-state index contributed by atoms with van der Waals surface area (Å²) in [6.07, 6.45) is -7.47. The van der Waals surface area contributed by atoms with Crippen LogP contribution in [0.2, 0.25) is 0 Å². The van der Waals surface area contributed by atoms with Gasteiger partial charge in [-0.3, -0.25) is 24.0 Å². The molecule has 1 N–H and O–H groups in total. The molecule has 0 aromatic heterocycles. The Morgan fingerprint density at radius 1 is 0.971 bits per heavy atom. The average Bonchev–Trinajstić information content (AvgIpc) is 2.69. The number of nitrogens with one attached hydrogen (secondary N) is 1. The molecule has 0 spiro atoms. The third-order valence-corrected chi connectivity index (χ3v) is 4.48. The molecule has 1 aliphatic rings. The highest BCUT2D eigenvalue weighted by Gasteiger charge is 2.58. The lowest BCUT2D eigenvalue weighted by atomic mass is 9.88. The number of amides is 1. The molecule has 34 heavy (non-hydrogen) atoms. The van der Waals surface area contributed by atoms with Gasteiger partial charge in [0, 0.05) is 34.6 Å². The van der Waals surface area contributed by atoms with Crippen molar-refractivity contribution >= 4 is 35.8 Å². The third kappa shape index (κ3) is 8.24. The number of esters is 5. The van der Waals surface area contributed by atoms with E-state index < -0.39 is 85.1 Å². The summed E-state index contributed by atoms with van der Waals surface area (Å²) in [5, 5.41) is 2.41. The summed E-state index contributed by atoms with van der Waals surface area (Å²) in [5.41, 5.74) is 0. The van der Waals surface area contributed by atoms with Crippen molar-refractivity contribution in [3.8, 4) is 0 Å². The number of methoxy groups -OCH3 is 1. The molecule has 0 bridgehead atoms. The molecule has 0 saturated carbocycles. The van der Waals surface area contributed by atoms with E-state index >= 15 is 4.39 Å². The Kier molecular flexibility index (Phi) is 10.4. The fraction of sp³-hybridized carbons (Fsp3) is 0.700. The number of rotatable bonds is 9. The summed E-state index contributed by atoms with van der Waals surface area (Å²) in [6.45, 7) is 4.50. The minimum atomic E-state index is -3.21. The highest BCUT2D eigenvalue weighted by Crippen LogP contribution is 2.36. The smallest absolute Gasteiger partial charge is 0.371 e. The van der Waals surface area contributed by atoms with Crippen LogP contribution in [0.15, 0.2) is 0 Å². The Labute approximate surface area is 194 Å². The van der Waals surface area contributed by atoms with Gasteiger partial charge >= 0.3 is 35.7 Å². The number of hydrogen-bond acceptors (Lipinski definition) is 12.